The molecule has 0 bridgehead atoms. The lowest BCUT2D eigenvalue weighted by Gasteiger charge is -2.22. The van der Waals surface area contributed by atoms with Crippen molar-refractivity contribution < 1.29 is 14.3 Å². The topological polar surface area (TPSA) is 47.6 Å². The molecule has 21 heavy (non-hydrogen) atoms. The van der Waals surface area contributed by atoms with Crippen molar-refractivity contribution in [1.82, 2.24) is 5.32 Å². The van der Waals surface area contributed by atoms with E-state index in [-0.39, 0.29) is 18.4 Å². The van der Waals surface area contributed by atoms with Crippen molar-refractivity contribution in [3.8, 4) is 5.75 Å². The van der Waals surface area contributed by atoms with Gasteiger partial charge in [0.05, 0.1) is 18.8 Å². The SMILES string of the molecule is CCOC(=O)c1ccc(OCCC2CCNCC2)cc1.Cl. The summed E-state index contributed by atoms with van der Waals surface area (Å²) in [5.41, 5.74) is 0.567. The van der Waals surface area contributed by atoms with E-state index < -0.39 is 0 Å². The van der Waals surface area contributed by atoms with Crippen LogP contribution in [0.5, 0.6) is 5.75 Å². The Morgan fingerprint density at radius 3 is 2.52 bits per heavy atom. The molecule has 1 aromatic carbocycles. The minimum absolute atomic E-state index is 0. The van der Waals surface area contributed by atoms with E-state index in [1.54, 1.807) is 19.1 Å². The first-order chi connectivity index (χ1) is 9.79. The fourth-order valence-corrected chi connectivity index (χ4v) is 2.42. The van der Waals surface area contributed by atoms with Gasteiger partial charge in [0.15, 0.2) is 0 Å². The molecule has 4 nitrogen and oxygen atoms in total. The molecule has 1 aromatic rings. The van der Waals surface area contributed by atoms with Crippen molar-refractivity contribution in [3.05, 3.63) is 29.8 Å². The van der Waals surface area contributed by atoms with Gasteiger partial charge in [-0.25, -0.2) is 4.79 Å². The third kappa shape index (κ3) is 5.94. The summed E-state index contributed by atoms with van der Waals surface area (Å²) in [5.74, 6) is 1.30. The van der Waals surface area contributed by atoms with E-state index in [9.17, 15) is 4.79 Å². The van der Waals surface area contributed by atoms with Gasteiger partial charge in [-0.1, -0.05) is 0 Å². The Bertz CT molecular complexity index is 416. The van der Waals surface area contributed by atoms with E-state index in [1.807, 2.05) is 12.1 Å². The fraction of sp³-hybridized carbons (Fsp3) is 0.562. The maximum atomic E-state index is 11.5. The normalized spacial score (nSPS) is 15.1. The second-order valence-electron chi connectivity index (χ2n) is 5.08. The molecule has 5 heteroatoms. The van der Waals surface area contributed by atoms with E-state index >= 15 is 0 Å². The lowest BCUT2D eigenvalue weighted by atomic mass is 9.95. The van der Waals surface area contributed by atoms with Crippen LogP contribution in [0.3, 0.4) is 0 Å². The number of benzene rings is 1. The summed E-state index contributed by atoms with van der Waals surface area (Å²) in [4.78, 5) is 11.5. The fourth-order valence-electron chi connectivity index (χ4n) is 2.42. The molecular weight excluding hydrogens is 290 g/mol. The van der Waals surface area contributed by atoms with E-state index in [1.165, 1.54) is 12.8 Å². The summed E-state index contributed by atoms with van der Waals surface area (Å²) in [6.07, 6.45) is 3.58. The van der Waals surface area contributed by atoms with Crippen LogP contribution in [-0.2, 0) is 4.74 Å². The Labute approximate surface area is 132 Å². The molecular formula is C16H24ClNO3. The molecule has 0 atom stereocenters. The Hall–Kier alpha value is -1.26. The van der Waals surface area contributed by atoms with Gasteiger partial charge in [-0.05, 0) is 69.5 Å². The number of rotatable bonds is 6. The molecule has 1 N–H and O–H groups in total. The molecule has 2 rings (SSSR count). The second kappa shape index (κ2) is 9.64. The number of ether oxygens (including phenoxy) is 2. The third-order valence-corrected chi connectivity index (χ3v) is 3.62. The van der Waals surface area contributed by atoms with E-state index in [4.69, 9.17) is 9.47 Å². The number of hydrogen-bond donors (Lipinski definition) is 1. The monoisotopic (exact) mass is 313 g/mol. The molecule has 0 spiro atoms. The van der Waals surface area contributed by atoms with Crippen LogP contribution in [0.25, 0.3) is 0 Å². The standard InChI is InChI=1S/C16H23NO3.ClH/c1-2-19-16(18)14-3-5-15(6-4-14)20-12-9-13-7-10-17-11-8-13;/h3-6,13,17H,2,7-12H2,1H3;1H. The van der Waals surface area contributed by atoms with Crippen molar-refractivity contribution >= 4 is 18.4 Å². The molecule has 0 aromatic heterocycles. The first kappa shape index (κ1) is 17.8. The van der Waals surface area contributed by atoms with Crippen LogP contribution in [0.15, 0.2) is 24.3 Å². The minimum atomic E-state index is -0.284. The maximum absolute atomic E-state index is 11.5. The lowest BCUT2D eigenvalue weighted by molar-refractivity contribution is 0.0526. The Kier molecular flexibility index (Phi) is 8.16. The highest BCUT2D eigenvalue weighted by Gasteiger charge is 2.12. The average Bonchev–Trinajstić information content (AvgIpc) is 2.49. The van der Waals surface area contributed by atoms with Crippen LogP contribution >= 0.6 is 12.4 Å². The third-order valence-electron chi connectivity index (χ3n) is 3.62. The smallest absolute Gasteiger partial charge is 0.338 e. The summed E-state index contributed by atoms with van der Waals surface area (Å²) in [5, 5.41) is 3.37. The van der Waals surface area contributed by atoms with E-state index in [0.29, 0.717) is 12.2 Å². The van der Waals surface area contributed by atoms with Crippen molar-refractivity contribution in [2.24, 2.45) is 5.92 Å². The first-order valence-corrected chi connectivity index (χ1v) is 7.40. The summed E-state index contributed by atoms with van der Waals surface area (Å²) < 4.78 is 10.7. The van der Waals surface area contributed by atoms with Gasteiger partial charge in [0.25, 0.3) is 0 Å². The van der Waals surface area contributed by atoms with Crippen LogP contribution < -0.4 is 10.1 Å². The molecule has 1 saturated heterocycles. The molecule has 0 unspecified atom stereocenters. The van der Waals surface area contributed by atoms with Gasteiger partial charge >= 0.3 is 5.97 Å². The van der Waals surface area contributed by atoms with Crippen molar-refractivity contribution in [2.75, 3.05) is 26.3 Å². The molecule has 0 amide bonds. The first-order valence-electron chi connectivity index (χ1n) is 7.40. The summed E-state index contributed by atoms with van der Waals surface area (Å²) in [7, 11) is 0. The van der Waals surface area contributed by atoms with Crippen LogP contribution in [-0.4, -0.2) is 32.3 Å². The van der Waals surface area contributed by atoms with Gasteiger partial charge in [-0.15, -0.1) is 12.4 Å². The van der Waals surface area contributed by atoms with E-state index in [0.717, 1.165) is 37.8 Å². The quantitative estimate of drug-likeness (QED) is 0.820. The Morgan fingerprint density at radius 1 is 1.24 bits per heavy atom. The Morgan fingerprint density at radius 2 is 1.90 bits per heavy atom. The summed E-state index contributed by atoms with van der Waals surface area (Å²) in [6, 6.07) is 7.15. The molecule has 0 aliphatic carbocycles. The average molecular weight is 314 g/mol. The van der Waals surface area contributed by atoms with Crippen molar-refractivity contribution in [2.45, 2.75) is 26.2 Å². The van der Waals surface area contributed by atoms with Crippen LogP contribution in [0.1, 0.15) is 36.5 Å². The zero-order valence-corrected chi connectivity index (χ0v) is 13.3. The summed E-state index contributed by atoms with van der Waals surface area (Å²) >= 11 is 0. The predicted octanol–water partition coefficient (Wildman–Crippen LogP) is 3.05. The molecule has 0 saturated carbocycles. The zero-order chi connectivity index (χ0) is 14.2. The van der Waals surface area contributed by atoms with Gasteiger partial charge in [-0.2, -0.15) is 0 Å². The number of hydrogen-bond acceptors (Lipinski definition) is 4. The zero-order valence-electron chi connectivity index (χ0n) is 12.5. The molecule has 1 aliphatic rings. The molecule has 1 heterocycles. The molecule has 0 radical (unpaired) electrons. The number of esters is 1. The highest BCUT2D eigenvalue weighted by Crippen LogP contribution is 2.18. The minimum Gasteiger partial charge on any atom is -0.494 e. The van der Waals surface area contributed by atoms with Gasteiger partial charge in [0.2, 0.25) is 0 Å². The number of carbonyl (C=O) groups excluding carboxylic acids is 1. The van der Waals surface area contributed by atoms with Crippen molar-refractivity contribution in [3.63, 3.8) is 0 Å². The highest BCUT2D eigenvalue weighted by molar-refractivity contribution is 5.89. The largest absolute Gasteiger partial charge is 0.494 e. The Balaban J connectivity index is 0.00000220. The highest BCUT2D eigenvalue weighted by atomic mass is 35.5. The van der Waals surface area contributed by atoms with Gasteiger partial charge < -0.3 is 14.8 Å². The predicted molar refractivity (Wildman–Crippen MR) is 85.4 cm³/mol. The number of carbonyl (C=O) groups is 1. The van der Waals surface area contributed by atoms with Gasteiger partial charge in [-0.3, -0.25) is 0 Å². The van der Waals surface area contributed by atoms with Crippen LogP contribution in [0.4, 0.5) is 0 Å². The van der Waals surface area contributed by atoms with E-state index in [2.05, 4.69) is 5.32 Å². The van der Waals surface area contributed by atoms with Crippen LogP contribution in [0, 0.1) is 5.92 Å². The van der Waals surface area contributed by atoms with Gasteiger partial charge in [0.1, 0.15) is 5.75 Å². The second-order valence-corrected chi connectivity index (χ2v) is 5.08. The molecule has 1 fully saturated rings. The molecule has 1 aliphatic heterocycles. The maximum Gasteiger partial charge on any atom is 0.338 e. The van der Waals surface area contributed by atoms with Gasteiger partial charge in [0, 0.05) is 0 Å². The number of nitrogens with one attached hydrogen (secondary N) is 1. The van der Waals surface area contributed by atoms with Crippen LogP contribution in [0.2, 0.25) is 0 Å². The summed E-state index contributed by atoms with van der Waals surface area (Å²) in [6.45, 7) is 5.19. The lowest BCUT2D eigenvalue weighted by Crippen LogP contribution is -2.28. The molecule has 118 valence electrons. The number of piperidine rings is 1. The number of halogens is 1. The van der Waals surface area contributed by atoms with Crippen molar-refractivity contribution in [1.29, 1.82) is 0 Å².